The summed E-state index contributed by atoms with van der Waals surface area (Å²) in [6, 6.07) is 14.7. The van der Waals surface area contributed by atoms with Gasteiger partial charge in [-0.2, -0.15) is 0 Å². The number of nitrogens with two attached hydrogens (primary N) is 1. The average molecular weight is 297 g/mol. The van der Waals surface area contributed by atoms with Crippen LogP contribution < -0.4 is 11.3 Å². The molecule has 0 saturated carbocycles. The lowest BCUT2D eigenvalue weighted by molar-refractivity contribution is 0.123. The second kappa shape index (κ2) is 8.53. The second-order valence-electron chi connectivity index (χ2n) is 4.20. The fraction of sp³-hybridized carbons (Fsp3) is 0.200. The van der Waals surface area contributed by atoms with Crippen molar-refractivity contribution in [3.05, 3.63) is 65.5 Å². The first-order chi connectivity index (χ1) is 9.31. The highest BCUT2D eigenvalue weighted by molar-refractivity contribution is 5.85. The number of ether oxygens (including phenoxy) is 1. The molecule has 0 fully saturated rings. The van der Waals surface area contributed by atoms with Crippen LogP contribution >= 0.6 is 12.4 Å². The zero-order valence-electron chi connectivity index (χ0n) is 11.0. The van der Waals surface area contributed by atoms with Gasteiger partial charge in [0, 0.05) is 12.0 Å². The topological polar surface area (TPSA) is 47.3 Å². The molecule has 0 bridgehead atoms. The molecular formula is C15H18ClFN2O. The first-order valence-corrected chi connectivity index (χ1v) is 6.17. The summed E-state index contributed by atoms with van der Waals surface area (Å²) >= 11 is 0. The molecule has 3 N–H and O–H groups in total. The Kier molecular flexibility index (Phi) is 7.01. The van der Waals surface area contributed by atoms with Crippen LogP contribution in [0.1, 0.15) is 11.1 Å². The van der Waals surface area contributed by atoms with E-state index in [1.54, 1.807) is 12.1 Å². The summed E-state index contributed by atoms with van der Waals surface area (Å²) < 4.78 is 19.2. The van der Waals surface area contributed by atoms with Crippen molar-refractivity contribution in [2.45, 2.75) is 13.0 Å². The summed E-state index contributed by atoms with van der Waals surface area (Å²) in [5.41, 5.74) is 4.76. The van der Waals surface area contributed by atoms with Crippen molar-refractivity contribution in [3.8, 4) is 0 Å². The molecule has 108 valence electrons. The quantitative estimate of drug-likeness (QED) is 0.488. The first kappa shape index (κ1) is 16.4. The Morgan fingerprint density at radius 2 is 1.80 bits per heavy atom. The van der Waals surface area contributed by atoms with E-state index in [2.05, 4.69) is 5.43 Å². The highest BCUT2D eigenvalue weighted by Crippen LogP contribution is 2.18. The van der Waals surface area contributed by atoms with E-state index >= 15 is 0 Å². The van der Waals surface area contributed by atoms with Crippen molar-refractivity contribution < 1.29 is 9.13 Å². The maximum atomic E-state index is 13.6. The molecule has 0 aromatic heterocycles. The number of hydrogen-bond acceptors (Lipinski definition) is 3. The molecule has 0 heterocycles. The molecule has 3 nitrogen and oxygen atoms in total. The predicted octanol–water partition coefficient (Wildman–Crippen LogP) is 3.29. The molecule has 0 atom stereocenters. The minimum atomic E-state index is -0.265. The number of hydrazine groups is 1. The average Bonchev–Trinajstić information content (AvgIpc) is 2.46. The van der Waals surface area contributed by atoms with Gasteiger partial charge in [-0.25, -0.2) is 4.39 Å². The summed E-state index contributed by atoms with van der Waals surface area (Å²) in [5, 5.41) is 0. The number of rotatable bonds is 6. The third-order valence-corrected chi connectivity index (χ3v) is 2.88. The Hall–Kier alpha value is -1.62. The van der Waals surface area contributed by atoms with Crippen molar-refractivity contribution in [1.29, 1.82) is 0 Å². The van der Waals surface area contributed by atoms with Crippen molar-refractivity contribution in [3.63, 3.8) is 0 Å². The molecule has 2 aromatic rings. The summed E-state index contributed by atoms with van der Waals surface area (Å²) in [5.74, 6) is 5.09. The van der Waals surface area contributed by atoms with Gasteiger partial charge in [0.25, 0.3) is 0 Å². The molecule has 0 aliphatic heterocycles. The summed E-state index contributed by atoms with van der Waals surface area (Å²) in [6.45, 7) is 0.977. The Labute approximate surface area is 124 Å². The van der Waals surface area contributed by atoms with Crippen LogP contribution in [0.15, 0.2) is 48.5 Å². The van der Waals surface area contributed by atoms with Crippen LogP contribution in [0.5, 0.6) is 0 Å². The Morgan fingerprint density at radius 1 is 1.05 bits per heavy atom. The van der Waals surface area contributed by atoms with E-state index in [1.807, 2.05) is 30.3 Å². The van der Waals surface area contributed by atoms with Gasteiger partial charge in [-0.3, -0.25) is 5.84 Å². The van der Waals surface area contributed by atoms with Gasteiger partial charge in [0.05, 0.1) is 18.9 Å². The van der Waals surface area contributed by atoms with Crippen LogP contribution in [0.25, 0.3) is 0 Å². The van der Waals surface area contributed by atoms with Crippen molar-refractivity contribution >= 4 is 18.1 Å². The number of hydrogen-bond donors (Lipinski definition) is 2. The largest absolute Gasteiger partial charge is 0.376 e. The molecule has 2 aromatic carbocycles. The molecule has 5 heteroatoms. The van der Waals surface area contributed by atoms with E-state index in [0.29, 0.717) is 30.9 Å². The number of nitrogen functional groups attached to an aromatic ring is 1. The Balaban J connectivity index is 0.00000200. The Bertz CT molecular complexity index is 523. The standard InChI is InChI=1S/C15H17FN2O.ClH/c16-14-7-4-8-15(18-17)13(14)9-10-19-11-12-5-2-1-3-6-12;/h1-8,18H,9-11,17H2;1H. The molecule has 2 rings (SSSR count). The molecular weight excluding hydrogens is 279 g/mol. The normalized spacial score (nSPS) is 9.90. The molecule has 0 unspecified atom stereocenters. The van der Waals surface area contributed by atoms with Crippen LogP contribution in [0.2, 0.25) is 0 Å². The first-order valence-electron chi connectivity index (χ1n) is 6.17. The fourth-order valence-corrected chi connectivity index (χ4v) is 1.89. The highest BCUT2D eigenvalue weighted by atomic mass is 35.5. The van der Waals surface area contributed by atoms with Gasteiger partial charge in [0.15, 0.2) is 0 Å². The van der Waals surface area contributed by atoms with Gasteiger partial charge >= 0.3 is 0 Å². The molecule has 20 heavy (non-hydrogen) atoms. The molecule has 0 spiro atoms. The minimum Gasteiger partial charge on any atom is -0.376 e. The monoisotopic (exact) mass is 296 g/mol. The van der Waals surface area contributed by atoms with Gasteiger partial charge in [-0.15, -0.1) is 12.4 Å². The van der Waals surface area contributed by atoms with Crippen molar-refractivity contribution in [1.82, 2.24) is 0 Å². The number of anilines is 1. The zero-order valence-corrected chi connectivity index (χ0v) is 11.8. The van der Waals surface area contributed by atoms with Crippen LogP contribution in [0.4, 0.5) is 10.1 Å². The minimum absolute atomic E-state index is 0. The second-order valence-corrected chi connectivity index (χ2v) is 4.20. The molecule has 0 aliphatic carbocycles. The van der Waals surface area contributed by atoms with E-state index in [1.165, 1.54) is 6.07 Å². The molecule has 0 radical (unpaired) electrons. The number of nitrogens with one attached hydrogen (secondary N) is 1. The van der Waals surface area contributed by atoms with E-state index in [0.717, 1.165) is 5.56 Å². The SMILES string of the molecule is Cl.NNc1cccc(F)c1CCOCc1ccccc1. The predicted molar refractivity (Wildman–Crippen MR) is 81.3 cm³/mol. The molecule has 0 saturated heterocycles. The maximum absolute atomic E-state index is 13.6. The van der Waals surface area contributed by atoms with Crippen LogP contribution in [0.3, 0.4) is 0 Å². The Morgan fingerprint density at radius 3 is 2.50 bits per heavy atom. The summed E-state index contributed by atoms with van der Waals surface area (Å²) in [4.78, 5) is 0. The molecule has 0 amide bonds. The van der Waals surface area contributed by atoms with Crippen LogP contribution in [0, 0.1) is 5.82 Å². The van der Waals surface area contributed by atoms with E-state index < -0.39 is 0 Å². The number of benzene rings is 2. The van der Waals surface area contributed by atoms with Gasteiger partial charge < -0.3 is 10.2 Å². The number of halogens is 2. The molecule has 0 aliphatic rings. The fourth-order valence-electron chi connectivity index (χ4n) is 1.89. The third-order valence-electron chi connectivity index (χ3n) is 2.88. The summed E-state index contributed by atoms with van der Waals surface area (Å²) in [6.07, 6.45) is 0.485. The maximum Gasteiger partial charge on any atom is 0.128 e. The summed E-state index contributed by atoms with van der Waals surface area (Å²) in [7, 11) is 0. The lowest BCUT2D eigenvalue weighted by Gasteiger charge is -2.10. The van der Waals surface area contributed by atoms with Crippen molar-refractivity contribution in [2.75, 3.05) is 12.0 Å². The van der Waals surface area contributed by atoms with Gasteiger partial charge in [0.2, 0.25) is 0 Å². The lowest BCUT2D eigenvalue weighted by Crippen LogP contribution is -2.11. The highest BCUT2D eigenvalue weighted by Gasteiger charge is 2.07. The van der Waals surface area contributed by atoms with E-state index in [9.17, 15) is 4.39 Å². The van der Waals surface area contributed by atoms with Crippen LogP contribution in [-0.2, 0) is 17.8 Å². The zero-order chi connectivity index (χ0) is 13.5. The van der Waals surface area contributed by atoms with E-state index in [-0.39, 0.29) is 18.2 Å². The lowest BCUT2D eigenvalue weighted by atomic mass is 10.1. The third kappa shape index (κ3) is 4.49. The van der Waals surface area contributed by atoms with E-state index in [4.69, 9.17) is 10.6 Å². The smallest absolute Gasteiger partial charge is 0.128 e. The van der Waals surface area contributed by atoms with Gasteiger partial charge in [0.1, 0.15) is 5.82 Å². The van der Waals surface area contributed by atoms with Crippen LogP contribution in [-0.4, -0.2) is 6.61 Å². The van der Waals surface area contributed by atoms with Gasteiger partial charge in [-0.1, -0.05) is 36.4 Å². The van der Waals surface area contributed by atoms with Gasteiger partial charge in [-0.05, 0) is 17.7 Å². The van der Waals surface area contributed by atoms with Crippen molar-refractivity contribution in [2.24, 2.45) is 5.84 Å².